The lowest BCUT2D eigenvalue weighted by molar-refractivity contribution is -0.135. The molecule has 2 heterocycles. The monoisotopic (exact) mass is 263 g/mol. The molecule has 0 aromatic carbocycles. The molecule has 0 fully saturated rings. The van der Waals surface area contributed by atoms with Crippen LogP contribution in [0.25, 0.3) is 5.65 Å². The van der Waals surface area contributed by atoms with Crippen LogP contribution in [0.15, 0.2) is 18.3 Å². The summed E-state index contributed by atoms with van der Waals surface area (Å²) in [6.45, 7) is 1.46. The lowest BCUT2D eigenvalue weighted by atomic mass is 10.3. The Bertz CT molecular complexity index is 662. The fraction of sp³-hybridized carbons (Fsp3) is 0.250. The Morgan fingerprint density at radius 1 is 1.37 bits per heavy atom. The average Bonchev–Trinajstić information content (AvgIpc) is 2.62. The number of carboxylic acids is 2. The van der Waals surface area contributed by atoms with E-state index in [-0.39, 0.29) is 12.2 Å². The van der Waals surface area contributed by atoms with E-state index in [4.69, 9.17) is 10.2 Å². The van der Waals surface area contributed by atoms with Crippen molar-refractivity contribution in [3.63, 3.8) is 0 Å². The van der Waals surface area contributed by atoms with Crippen LogP contribution in [-0.2, 0) is 4.79 Å². The van der Waals surface area contributed by atoms with Gasteiger partial charge >= 0.3 is 11.9 Å². The predicted molar refractivity (Wildman–Crippen MR) is 67.8 cm³/mol. The molecule has 19 heavy (non-hydrogen) atoms. The molecule has 100 valence electrons. The zero-order valence-corrected chi connectivity index (χ0v) is 10.5. The molecule has 0 bridgehead atoms. The largest absolute Gasteiger partial charge is 0.480 e. The summed E-state index contributed by atoms with van der Waals surface area (Å²) in [5, 5.41) is 17.9. The van der Waals surface area contributed by atoms with E-state index in [1.54, 1.807) is 32.3 Å². The van der Waals surface area contributed by atoms with Crippen LogP contribution in [-0.4, -0.2) is 45.1 Å². The van der Waals surface area contributed by atoms with Crippen LogP contribution in [0.1, 0.15) is 16.2 Å². The zero-order chi connectivity index (χ0) is 14.2. The van der Waals surface area contributed by atoms with E-state index in [1.165, 1.54) is 9.30 Å². The molecule has 7 nitrogen and oxygen atoms in total. The second kappa shape index (κ2) is 4.60. The number of likely N-dealkylation sites (N-methyl/N-ethyl adjacent to an activating group) is 1. The Morgan fingerprint density at radius 2 is 2.05 bits per heavy atom. The molecule has 0 spiro atoms. The summed E-state index contributed by atoms with van der Waals surface area (Å²) in [5.41, 5.74) is 1.63. The topological polar surface area (TPSA) is 95.1 Å². The van der Waals surface area contributed by atoms with Gasteiger partial charge in [0.1, 0.15) is 12.2 Å². The van der Waals surface area contributed by atoms with Crippen LogP contribution in [0.3, 0.4) is 0 Å². The number of pyridine rings is 1. The van der Waals surface area contributed by atoms with Crippen LogP contribution < -0.4 is 4.90 Å². The second-order valence-electron chi connectivity index (χ2n) is 4.22. The van der Waals surface area contributed by atoms with Gasteiger partial charge in [0.2, 0.25) is 0 Å². The van der Waals surface area contributed by atoms with Crippen molar-refractivity contribution >= 4 is 23.3 Å². The van der Waals surface area contributed by atoms with Crippen LogP contribution in [0.5, 0.6) is 0 Å². The molecular weight excluding hydrogens is 250 g/mol. The third-order valence-electron chi connectivity index (χ3n) is 2.79. The van der Waals surface area contributed by atoms with Crippen LogP contribution >= 0.6 is 0 Å². The molecule has 0 amide bonds. The van der Waals surface area contributed by atoms with Gasteiger partial charge in [-0.25, -0.2) is 9.78 Å². The number of nitrogens with zero attached hydrogens (tertiary/aromatic N) is 3. The smallest absolute Gasteiger partial charge is 0.354 e. The van der Waals surface area contributed by atoms with Crippen molar-refractivity contribution in [1.29, 1.82) is 0 Å². The standard InChI is InChI=1S/C12H13N3O4/c1-7-11(12(18)19)15-5-8(3-4-9(15)13-7)14(2)6-10(16)17/h3-5H,6H2,1-2H3,(H,16,17)(H,18,19). The van der Waals surface area contributed by atoms with Gasteiger partial charge < -0.3 is 15.1 Å². The van der Waals surface area contributed by atoms with Gasteiger partial charge in [0.05, 0.1) is 11.4 Å². The zero-order valence-electron chi connectivity index (χ0n) is 10.5. The van der Waals surface area contributed by atoms with Gasteiger partial charge in [-0.05, 0) is 19.1 Å². The van der Waals surface area contributed by atoms with Gasteiger partial charge in [0, 0.05) is 13.2 Å². The molecule has 0 aliphatic heterocycles. The molecule has 0 saturated carbocycles. The highest BCUT2D eigenvalue weighted by Gasteiger charge is 2.16. The maximum absolute atomic E-state index is 11.2. The first-order valence-corrected chi connectivity index (χ1v) is 5.55. The Morgan fingerprint density at radius 3 is 2.63 bits per heavy atom. The molecule has 0 unspecified atom stereocenters. The maximum atomic E-state index is 11.2. The number of fused-ring (bicyclic) bond motifs is 1. The second-order valence-corrected chi connectivity index (χ2v) is 4.22. The molecular formula is C12H13N3O4. The molecule has 2 aromatic heterocycles. The fourth-order valence-electron chi connectivity index (χ4n) is 1.93. The Labute approximate surface area is 108 Å². The number of carbonyl (C=O) groups is 2. The third-order valence-corrected chi connectivity index (χ3v) is 2.79. The van der Waals surface area contributed by atoms with Crippen molar-refractivity contribution in [1.82, 2.24) is 9.38 Å². The van der Waals surface area contributed by atoms with Crippen LogP contribution in [0, 0.1) is 6.92 Å². The van der Waals surface area contributed by atoms with Crippen molar-refractivity contribution in [3.8, 4) is 0 Å². The minimum Gasteiger partial charge on any atom is -0.480 e. The first-order chi connectivity index (χ1) is 8.90. The van der Waals surface area contributed by atoms with Crippen molar-refractivity contribution in [2.24, 2.45) is 0 Å². The number of hydrogen-bond donors (Lipinski definition) is 2. The summed E-state index contributed by atoms with van der Waals surface area (Å²) in [6, 6.07) is 3.36. The Balaban J connectivity index is 2.52. The molecule has 2 aromatic rings. The third kappa shape index (κ3) is 2.35. The summed E-state index contributed by atoms with van der Waals surface area (Å²) in [7, 11) is 1.62. The number of rotatable bonds is 4. The lowest BCUT2D eigenvalue weighted by Gasteiger charge is -2.16. The van der Waals surface area contributed by atoms with Crippen LogP contribution in [0.2, 0.25) is 0 Å². The molecule has 2 rings (SSSR count). The first-order valence-electron chi connectivity index (χ1n) is 5.55. The molecule has 7 heteroatoms. The van der Waals surface area contributed by atoms with Gasteiger partial charge in [0.25, 0.3) is 0 Å². The summed E-state index contributed by atoms with van der Waals surface area (Å²) in [4.78, 5) is 27.5. The maximum Gasteiger partial charge on any atom is 0.354 e. The molecule has 0 aliphatic carbocycles. The molecule has 0 aliphatic rings. The van der Waals surface area contributed by atoms with Gasteiger partial charge in [-0.15, -0.1) is 0 Å². The number of hydrogen-bond acceptors (Lipinski definition) is 4. The normalized spacial score (nSPS) is 10.6. The Hall–Kier alpha value is -2.57. The summed E-state index contributed by atoms with van der Waals surface area (Å²) in [5.74, 6) is -2.02. The van der Waals surface area contributed by atoms with Crippen molar-refractivity contribution in [3.05, 3.63) is 29.7 Å². The Kier molecular flexibility index (Phi) is 3.12. The summed E-state index contributed by atoms with van der Waals surface area (Å²) < 4.78 is 1.45. The highest BCUT2D eigenvalue weighted by Crippen LogP contribution is 2.18. The average molecular weight is 263 g/mol. The molecule has 2 N–H and O–H groups in total. The number of aromatic carboxylic acids is 1. The predicted octanol–water partition coefficient (Wildman–Crippen LogP) is 0.862. The minimum atomic E-state index is -1.07. The van der Waals surface area contributed by atoms with E-state index in [9.17, 15) is 9.59 Å². The van der Waals surface area contributed by atoms with E-state index < -0.39 is 11.9 Å². The molecule has 0 saturated heterocycles. The lowest BCUT2D eigenvalue weighted by Crippen LogP contribution is -2.25. The number of carboxylic acid groups (broad SMARTS) is 2. The van der Waals surface area contributed by atoms with Crippen molar-refractivity contribution in [2.45, 2.75) is 6.92 Å². The fourth-order valence-corrected chi connectivity index (χ4v) is 1.93. The quantitative estimate of drug-likeness (QED) is 0.849. The van der Waals surface area contributed by atoms with Gasteiger partial charge in [-0.3, -0.25) is 9.20 Å². The van der Waals surface area contributed by atoms with Crippen molar-refractivity contribution < 1.29 is 19.8 Å². The van der Waals surface area contributed by atoms with E-state index in [0.29, 0.717) is 17.0 Å². The number of aromatic nitrogens is 2. The number of anilines is 1. The van der Waals surface area contributed by atoms with Crippen molar-refractivity contribution in [2.75, 3.05) is 18.5 Å². The van der Waals surface area contributed by atoms with Gasteiger partial charge in [-0.1, -0.05) is 0 Å². The SMILES string of the molecule is Cc1nc2ccc(N(C)CC(=O)O)cn2c1C(=O)O. The van der Waals surface area contributed by atoms with E-state index in [0.717, 1.165) is 0 Å². The van der Waals surface area contributed by atoms with Gasteiger partial charge in [0.15, 0.2) is 5.69 Å². The molecule has 0 atom stereocenters. The number of aliphatic carboxylic acids is 1. The molecule has 0 radical (unpaired) electrons. The minimum absolute atomic E-state index is 0.0839. The first kappa shape index (κ1) is 12.9. The highest BCUT2D eigenvalue weighted by molar-refractivity contribution is 5.88. The van der Waals surface area contributed by atoms with E-state index >= 15 is 0 Å². The van der Waals surface area contributed by atoms with E-state index in [1.807, 2.05) is 0 Å². The highest BCUT2D eigenvalue weighted by atomic mass is 16.4. The van der Waals surface area contributed by atoms with Crippen LogP contribution in [0.4, 0.5) is 5.69 Å². The van der Waals surface area contributed by atoms with Gasteiger partial charge in [-0.2, -0.15) is 0 Å². The summed E-state index contributed by atoms with van der Waals surface area (Å²) in [6.07, 6.45) is 1.57. The van der Waals surface area contributed by atoms with E-state index in [2.05, 4.69) is 4.98 Å². The summed E-state index contributed by atoms with van der Waals surface area (Å²) >= 11 is 0. The number of aryl methyl sites for hydroxylation is 1. The number of imidazole rings is 1.